The highest BCUT2D eigenvalue weighted by Crippen LogP contribution is 2.38. The summed E-state index contributed by atoms with van der Waals surface area (Å²) in [5.74, 6) is 3.32. The first-order chi connectivity index (χ1) is 16.3. The van der Waals surface area contributed by atoms with Crippen molar-refractivity contribution in [2.75, 3.05) is 32.5 Å². The normalized spacial score (nSPS) is 21.2. The summed E-state index contributed by atoms with van der Waals surface area (Å²) >= 11 is 0. The Morgan fingerprint density at radius 1 is 1.00 bits per heavy atom. The molecule has 8 nitrogen and oxygen atoms in total. The van der Waals surface area contributed by atoms with Crippen LogP contribution in [0.4, 0.5) is 5.95 Å². The molecule has 1 fully saturated rings. The summed E-state index contributed by atoms with van der Waals surface area (Å²) in [6, 6.07) is 14.9. The van der Waals surface area contributed by atoms with Crippen LogP contribution in [0.25, 0.3) is 11.0 Å². The lowest BCUT2D eigenvalue weighted by atomic mass is 9.94. The number of fused-ring (bicyclic) bond motifs is 5. The number of anilines is 1. The minimum atomic E-state index is -0.190. The van der Waals surface area contributed by atoms with E-state index in [0.29, 0.717) is 6.04 Å². The molecular formula is C25H30N6O2. The molecule has 1 aliphatic carbocycles. The van der Waals surface area contributed by atoms with Gasteiger partial charge in [0.15, 0.2) is 0 Å². The fourth-order valence-electron chi connectivity index (χ4n) is 5.42. The lowest BCUT2D eigenvalue weighted by Crippen LogP contribution is -2.59. The summed E-state index contributed by atoms with van der Waals surface area (Å²) in [7, 11) is 3.36. The molecule has 1 aromatic heterocycles. The van der Waals surface area contributed by atoms with Crippen LogP contribution < -0.4 is 19.7 Å². The molecule has 172 valence electrons. The second kappa shape index (κ2) is 8.26. The average molecular weight is 447 g/mol. The van der Waals surface area contributed by atoms with Gasteiger partial charge in [-0.2, -0.15) is 0 Å². The third-order valence-corrected chi connectivity index (χ3v) is 7.15. The van der Waals surface area contributed by atoms with Gasteiger partial charge in [0.1, 0.15) is 17.7 Å². The SMILES string of the molecule is COc1ccc([C@@H]2NC3=NCN(C4CCCCC4)CN3c3nc4ccccc4n32)c(OC)c1. The Hall–Kier alpha value is -3.26. The molecule has 8 heteroatoms. The quantitative estimate of drug-likeness (QED) is 0.655. The molecule has 0 radical (unpaired) electrons. The molecule has 0 unspecified atom stereocenters. The lowest BCUT2D eigenvalue weighted by molar-refractivity contribution is 0.156. The molecule has 0 amide bonds. The van der Waals surface area contributed by atoms with Gasteiger partial charge >= 0.3 is 0 Å². The fraction of sp³-hybridized carbons (Fsp3) is 0.440. The highest BCUT2D eigenvalue weighted by Gasteiger charge is 2.38. The van der Waals surface area contributed by atoms with Crippen LogP contribution in [0.1, 0.15) is 43.8 Å². The molecule has 1 atom stereocenters. The standard InChI is InChI=1S/C25H30N6O2/c1-32-18-12-13-19(22(14-18)33-2)23-28-24-26-15-29(17-8-4-3-5-9-17)16-30(24)25-27-20-10-6-7-11-21(20)31(23)25/h6-7,10-14,17,23H,3-5,8-9,15-16H2,1-2H3,(H,26,28)/t23-/m1/s1. The van der Waals surface area contributed by atoms with E-state index < -0.39 is 0 Å². The number of rotatable bonds is 4. The minimum absolute atomic E-state index is 0.190. The van der Waals surface area contributed by atoms with Gasteiger partial charge in [0.25, 0.3) is 0 Å². The summed E-state index contributed by atoms with van der Waals surface area (Å²) in [6.07, 6.45) is 6.31. The van der Waals surface area contributed by atoms with Crippen molar-refractivity contribution in [3.63, 3.8) is 0 Å². The molecule has 2 aromatic carbocycles. The second-order valence-corrected chi connectivity index (χ2v) is 9.00. The first kappa shape index (κ1) is 20.4. The summed E-state index contributed by atoms with van der Waals surface area (Å²) < 4.78 is 13.5. The largest absolute Gasteiger partial charge is 0.497 e. The number of ether oxygens (including phenoxy) is 2. The van der Waals surface area contributed by atoms with Crippen LogP contribution in [0.15, 0.2) is 47.5 Å². The summed E-state index contributed by atoms with van der Waals surface area (Å²) in [5, 5.41) is 3.69. The third-order valence-electron chi connectivity index (χ3n) is 7.15. The van der Waals surface area contributed by atoms with Gasteiger partial charge in [0.2, 0.25) is 11.9 Å². The highest BCUT2D eigenvalue weighted by molar-refractivity contribution is 5.99. The number of methoxy groups -OCH3 is 2. The molecule has 2 aliphatic heterocycles. The van der Waals surface area contributed by atoms with Crippen LogP contribution in [0, 0.1) is 0 Å². The zero-order valence-electron chi connectivity index (χ0n) is 19.2. The molecule has 3 aromatic rings. The van der Waals surface area contributed by atoms with E-state index >= 15 is 0 Å². The highest BCUT2D eigenvalue weighted by atomic mass is 16.5. The maximum absolute atomic E-state index is 5.76. The maximum Gasteiger partial charge on any atom is 0.216 e. The van der Waals surface area contributed by atoms with E-state index in [9.17, 15) is 0 Å². The van der Waals surface area contributed by atoms with E-state index in [1.165, 1.54) is 32.1 Å². The summed E-state index contributed by atoms with van der Waals surface area (Å²) in [6.45, 7) is 1.52. The Morgan fingerprint density at radius 2 is 1.85 bits per heavy atom. The zero-order chi connectivity index (χ0) is 22.4. The van der Waals surface area contributed by atoms with E-state index in [-0.39, 0.29) is 6.17 Å². The molecule has 0 saturated heterocycles. The number of imidazole rings is 1. The van der Waals surface area contributed by atoms with Gasteiger partial charge in [-0.25, -0.2) is 9.98 Å². The maximum atomic E-state index is 5.76. The van der Waals surface area contributed by atoms with E-state index in [0.717, 1.165) is 53.3 Å². The van der Waals surface area contributed by atoms with Crippen LogP contribution in [-0.4, -0.2) is 54.0 Å². The minimum Gasteiger partial charge on any atom is -0.497 e. The first-order valence-corrected chi connectivity index (χ1v) is 11.8. The molecule has 3 aliphatic rings. The zero-order valence-corrected chi connectivity index (χ0v) is 19.2. The number of benzene rings is 2. The van der Waals surface area contributed by atoms with Crippen molar-refractivity contribution >= 4 is 22.9 Å². The molecule has 6 rings (SSSR count). The van der Waals surface area contributed by atoms with Gasteiger partial charge < -0.3 is 14.8 Å². The van der Waals surface area contributed by atoms with Crippen molar-refractivity contribution in [1.29, 1.82) is 0 Å². The molecule has 3 heterocycles. The summed E-state index contributed by atoms with van der Waals surface area (Å²) in [5.41, 5.74) is 3.07. The van der Waals surface area contributed by atoms with E-state index in [1.807, 2.05) is 18.2 Å². The van der Waals surface area contributed by atoms with Crippen molar-refractivity contribution in [3.05, 3.63) is 48.0 Å². The second-order valence-electron chi connectivity index (χ2n) is 9.00. The predicted octanol–water partition coefficient (Wildman–Crippen LogP) is 3.93. The predicted molar refractivity (Wildman–Crippen MR) is 129 cm³/mol. The van der Waals surface area contributed by atoms with Gasteiger partial charge in [0.05, 0.1) is 38.6 Å². The van der Waals surface area contributed by atoms with Gasteiger partial charge in [-0.05, 0) is 37.1 Å². The van der Waals surface area contributed by atoms with E-state index in [2.05, 4.69) is 43.9 Å². The van der Waals surface area contributed by atoms with Crippen LogP contribution in [-0.2, 0) is 0 Å². The van der Waals surface area contributed by atoms with E-state index in [1.54, 1.807) is 14.2 Å². The average Bonchev–Trinajstić information content (AvgIpc) is 3.28. The van der Waals surface area contributed by atoms with Crippen molar-refractivity contribution in [1.82, 2.24) is 19.8 Å². The van der Waals surface area contributed by atoms with Gasteiger partial charge in [-0.1, -0.05) is 31.4 Å². The van der Waals surface area contributed by atoms with Gasteiger partial charge in [0, 0.05) is 17.7 Å². The van der Waals surface area contributed by atoms with Crippen LogP contribution in [0.3, 0.4) is 0 Å². The van der Waals surface area contributed by atoms with Crippen molar-refractivity contribution < 1.29 is 9.47 Å². The number of nitrogens with one attached hydrogen (secondary N) is 1. The Balaban J connectivity index is 1.45. The van der Waals surface area contributed by atoms with Gasteiger partial charge in [-0.15, -0.1) is 0 Å². The number of hydrogen-bond acceptors (Lipinski definition) is 7. The number of aliphatic imine (C=N–C) groups is 1. The fourth-order valence-corrected chi connectivity index (χ4v) is 5.42. The number of guanidine groups is 1. The monoisotopic (exact) mass is 446 g/mol. The molecule has 0 bridgehead atoms. The summed E-state index contributed by atoms with van der Waals surface area (Å²) in [4.78, 5) is 14.8. The molecule has 1 saturated carbocycles. The first-order valence-electron chi connectivity index (χ1n) is 11.8. The molecule has 1 N–H and O–H groups in total. The van der Waals surface area contributed by atoms with Crippen molar-refractivity contribution in [2.24, 2.45) is 4.99 Å². The molecule has 0 spiro atoms. The number of aromatic nitrogens is 2. The Morgan fingerprint density at radius 3 is 2.67 bits per heavy atom. The van der Waals surface area contributed by atoms with Crippen LogP contribution >= 0.6 is 0 Å². The molecular weight excluding hydrogens is 416 g/mol. The third kappa shape index (κ3) is 3.40. The topological polar surface area (TPSA) is 67.2 Å². The number of para-hydroxylation sites is 2. The smallest absolute Gasteiger partial charge is 0.216 e. The van der Waals surface area contributed by atoms with Gasteiger partial charge in [-0.3, -0.25) is 14.4 Å². The number of hydrogen-bond donors (Lipinski definition) is 1. The Labute approximate surface area is 193 Å². The van der Waals surface area contributed by atoms with Crippen LogP contribution in [0.5, 0.6) is 11.5 Å². The molecule has 33 heavy (non-hydrogen) atoms. The van der Waals surface area contributed by atoms with Crippen molar-refractivity contribution in [2.45, 2.75) is 44.3 Å². The van der Waals surface area contributed by atoms with E-state index in [4.69, 9.17) is 19.5 Å². The van der Waals surface area contributed by atoms with Crippen molar-refractivity contribution in [3.8, 4) is 11.5 Å². The lowest BCUT2D eigenvalue weighted by Gasteiger charge is -2.44. The number of nitrogens with zero attached hydrogens (tertiary/aromatic N) is 5. The Kier molecular flexibility index (Phi) is 5.10. The Bertz CT molecular complexity index is 1200. The van der Waals surface area contributed by atoms with Crippen LogP contribution in [0.2, 0.25) is 0 Å².